The van der Waals surface area contributed by atoms with E-state index in [9.17, 15) is 14.0 Å². The van der Waals surface area contributed by atoms with Gasteiger partial charge < -0.3 is 9.64 Å². The highest BCUT2D eigenvalue weighted by Crippen LogP contribution is 2.35. The Balaban J connectivity index is 1.57. The molecule has 1 amide bonds. The molecule has 4 aromatic rings. The summed E-state index contributed by atoms with van der Waals surface area (Å²) in [5, 5.41) is 1.80. The topological polar surface area (TPSA) is 67.7 Å². The molecule has 2 aromatic carbocycles. The number of rotatable bonds is 4. The molecule has 0 spiro atoms. The molecule has 0 saturated carbocycles. The number of halogens is 2. The van der Waals surface area contributed by atoms with Crippen molar-refractivity contribution >= 4 is 5.91 Å². The molecule has 0 saturated heterocycles. The molecular formula is C31H26F2N4O3. The smallest absolute Gasteiger partial charge is 0.278 e. The number of aromatic nitrogens is 2. The second kappa shape index (κ2) is 10.8. The van der Waals surface area contributed by atoms with Gasteiger partial charge in [0.25, 0.3) is 5.91 Å². The van der Waals surface area contributed by atoms with Crippen molar-refractivity contribution in [2.24, 2.45) is 0 Å². The quantitative estimate of drug-likeness (QED) is 0.276. The second-order valence-corrected chi connectivity index (χ2v) is 9.69. The molecule has 0 fully saturated rings. The molecule has 0 radical (unpaired) electrons. The first-order valence-electron chi connectivity index (χ1n) is 13.0. The maximum atomic E-state index is 15.3. The number of benzene rings is 2. The fourth-order valence-corrected chi connectivity index (χ4v) is 5.28. The lowest BCUT2D eigenvalue weighted by Gasteiger charge is -2.43. The van der Waals surface area contributed by atoms with Crippen molar-refractivity contribution in [1.82, 2.24) is 14.6 Å². The van der Waals surface area contributed by atoms with Crippen LogP contribution in [0.1, 0.15) is 45.3 Å². The minimum absolute atomic E-state index is 0.0432. The minimum Gasteiger partial charge on any atom is -0.482 e. The molecule has 0 N–H and O–H groups in total. The van der Waals surface area contributed by atoms with E-state index in [1.165, 1.54) is 24.4 Å². The minimum atomic E-state index is -0.779. The van der Waals surface area contributed by atoms with E-state index in [1.807, 2.05) is 42.5 Å². The van der Waals surface area contributed by atoms with Crippen LogP contribution in [0.25, 0.3) is 0 Å². The van der Waals surface area contributed by atoms with Crippen LogP contribution in [-0.2, 0) is 13.0 Å². The van der Waals surface area contributed by atoms with Crippen molar-refractivity contribution in [3.05, 3.63) is 141 Å². The van der Waals surface area contributed by atoms with Gasteiger partial charge in [-0.3, -0.25) is 19.3 Å². The molecule has 2 aromatic heterocycles. The molecule has 1 unspecified atom stereocenters. The maximum absolute atomic E-state index is 15.3. The summed E-state index contributed by atoms with van der Waals surface area (Å²) in [6.07, 6.45) is 6.24. The summed E-state index contributed by atoms with van der Waals surface area (Å²) in [6, 6.07) is 19.2. The van der Waals surface area contributed by atoms with Gasteiger partial charge in [-0.2, -0.15) is 4.39 Å². The lowest BCUT2D eigenvalue weighted by Crippen LogP contribution is -2.55. The van der Waals surface area contributed by atoms with E-state index in [2.05, 4.69) is 4.98 Å². The SMILES string of the molecule is O=C1c2c(OCc3ccccc3)c(=O)ccn2N2CN1C/C=C\CCc1c(F)cccc1C2c1cccc(F)n1. The normalized spacial score (nSPS) is 17.4. The molecular weight excluding hydrogens is 514 g/mol. The molecule has 6 rings (SSSR count). The summed E-state index contributed by atoms with van der Waals surface area (Å²) in [7, 11) is 0. The van der Waals surface area contributed by atoms with Crippen LogP contribution in [0.3, 0.4) is 0 Å². The van der Waals surface area contributed by atoms with E-state index in [4.69, 9.17) is 4.74 Å². The van der Waals surface area contributed by atoms with Gasteiger partial charge in [0.1, 0.15) is 25.1 Å². The molecule has 2 aliphatic heterocycles. The number of carbonyl (C=O) groups is 1. The Bertz CT molecular complexity index is 1650. The summed E-state index contributed by atoms with van der Waals surface area (Å²) in [5.74, 6) is -1.52. The van der Waals surface area contributed by atoms with Crippen LogP contribution < -0.4 is 15.2 Å². The Morgan fingerprint density at radius 3 is 2.58 bits per heavy atom. The molecule has 202 valence electrons. The Morgan fingerprint density at radius 2 is 1.75 bits per heavy atom. The number of amides is 1. The summed E-state index contributed by atoms with van der Waals surface area (Å²) in [5.41, 5.74) is 1.85. The van der Waals surface area contributed by atoms with Crippen LogP contribution in [0, 0.1) is 11.8 Å². The average Bonchev–Trinajstić information content (AvgIpc) is 2.99. The lowest BCUT2D eigenvalue weighted by molar-refractivity contribution is 0.0697. The molecule has 0 aliphatic carbocycles. The van der Waals surface area contributed by atoms with Gasteiger partial charge in [0, 0.05) is 18.8 Å². The largest absolute Gasteiger partial charge is 0.482 e. The van der Waals surface area contributed by atoms with Crippen molar-refractivity contribution in [2.45, 2.75) is 25.5 Å². The number of allylic oxidation sites excluding steroid dienone is 1. The zero-order valence-electron chi connectivity index (χ0n) is 21.5. The Hall–Kier alpha value is -4.79. The number of ether oxygens (including phenoxy) is 1. The predicted molar refractivity (Wildman–Crippen MR) is 145 cm³/mol. The molecule has 40 heavy (non-hydrogen) atoms. The van der Waals surface area contributed by atoms with E-state index in [0.717, 1.165) is 5.56 Å². The summed E-state index contributed by atoms with van der Waals surface area (Å²) in [4.78, 5) is 32.7. The highest BCUT2D eigenvalue weighted by atomic mass is 19.1. The highest BCUT2D eigenvalue weighted by Gasteiger charge is 2.38. The summed E-state index contributed by atoms with van der Waals surface area (Å²) >= 11 is 0. The average molecular weight is 541 g/mol. The first-order valence-corrected chi connectivity index (χ1v) is 13.0. The van der Waals surface area contributed by atoms with Crippen LogP contribution in [-0.4, -0.2) is 33.7 Å². The third-order valence-electron chi connectivity index (χ3n) is 7.16. The molecule has 1 atom stereocenters. The standard InChI is InChI=1S/C31H26F2N4O3/c32-24-13-7-12-23-22(24)11-5-2-6-17-35-20-37(28(23)25-14-8-15-27(33)34-25)36-18-16-26(38)30(29(36)31(35)39)40-19-21-9-3-1-4-10-21/h1-4,6-10,12-16,18,28H,5,11,17,19-20H2/b6-2-. The van der Waals surface area contributed by atoms with Crippen molar-refractivity contribution in [3.8, 4) is 5.75 Å². The highest BCUT2D eigenvalue weighted by molar-refractivity contribution is 5.96. The zero-order chi connectivity index (χ0) is 27.6. The fraction of sp³-hybridized carbons (Fsp3) is 0.194. The number of hydrogen-bond acceptors (Lipinski definition) is 5. The summed E-state index contributed by atoms with van der Waals surface area (Å²) in [6.45, 7) is 0.428. The van der Waals surface area contributed by atoms with Crippen LogP contribution >= 0.6 is 0 Å². The van der Waals surface area contributed by atoms with Gasteiger partial charge in [-0.1, -0.05) is 60.7 Å². The predicted octanol–water partition coefficient (Wildman–Crippen LogP) is 4.74. The van der Waals surface area contributed by atoms with Gasteiger partial charge in [0.05, 0.1) is 5.69 Å². The first-order chi connectivity index (χ1) is 19.5. The maximum Gasteiger partial charge on any atom is 0.278 e. The molecule has 4 heterocycles. The summed E-state index contributed by atoms with van der Waals surface area (Å²) < 4.78 is 37.3. The second-order valence-electron chi connectivity index (χ2n) is 9.69. The van der Waals surface area contributed by atoms with Gasteiger partial charge in [0.2, 0.25) is 11.4 Å². The number of hydrogen-bond donors (Lipinski definition) is 0. The van der Waals surface area contributed by atoms with Gasteiger partial charge in [-0.15, -0.1) is 0 Å². The monoisotopic (exact) mass is 540 g/mol. The van der Waals surface area contributed by atoms with Crippen LogP contribution in [0.5, 0.6) is 5.75 Å². The van der Waals surface area contributed by atoms with E-state index in [-0.39, 0.29) is 43.0 Å². The molecule has 9 heteroatoms. The number of carbonyl (C=O) groups excluding carboxylic acids is 1. The van der Waals surface area contributed by atoms with Crippen LogP contribution in [0.15, 0.2) is 95.9 Å². The Labute approximate surface area is 229 Å². The third-order valence-corrected chi connectivity index (χ3v) is 7.16. The third kappa shape index (κ3) is 4.75. The number of nitrogens with zero attached hydrogens (tertiary/aromatic N) is 4. The Morgan fingerprint density at radius 1 is 0.925 bits per heavy atom. The van der Waals surface area contributed by atoms with Gasteiger partial charge in [-0.25, -0.2) is 9.37 Å². The number of fused-ring (bicyclic) bond motifs is 5. The molecule has 2 bridgehead atoms. The number of pyridine rings is 2. The van der Waals surface area contributed by atoms with Crippen LogP contribution in [0.4, 0.5) is 8.78 Å². The van der Waals surface area contributed by atoms with E-state index in [1.54, 1.807) is 38.9 Å². The molecule has 2 aliphatic rings. The first kappa shape index (κ1) is 25.5. The Kier molecular flexibility index (Phi) is 6.86. The zero-order valence-corrected chi connectivity index (χ0v) is 21.5. The fourth-order valence-electron chi connectivity index (χ4n) is 5.28. The van der Waals surface area contributed by atoms with E-state index >= 15 is 4.39 Å². The van der Waals surface area contributed by atoms with Gasteiger partial charge in [-0.05, 0) is 47.7 Å². The van der Waals surface area contributed by atoms with Crippen LogP contribution in [0.2, 0.25) is 0 Å². The van der Waals surface area contributed by atoms with Gasteiger partial charge >= 0.3 is 0 Å². The van der Waals surface area contributed by atoms with Crippen molar-refractivity contribution < 1.29 is 18.3 Å². The van der Waals surface area contributed by atoms with Crippen molar-refractivity contribution in [1.29, 1.82) is 0 Å². The lowest BCUT2D eigenvalue weighted by atomic mass is 9.93. The van der Waals surface area contributed by atoms with E-state index < -0.39 is 17.4 Å². The van der Waals surface area contributed by atoms with Crippen molar-refractivity contribution in [3.63, 3.8) is 0 Å². The van der Waals surface area contributed by atoms with Gasteiger partial charge in [0.15, 0.2) is 11.4 Å². The molecule has 7 nitrogen and oxygen atoms in total. The van der Waals surface area contributed by atoms with E-state index in [0.29, 0.717) is 29.7 Å². The van der Waals surface area contributed by atoms with Crippen molar-refractivity contribution in [2.75, 3.05) is 18.2 Å².